The lowest BCUT2D eigenvalue weighted by molar-refractivity contribution is -0.480. The minimum absolute atomic E-state index is 0.0550. The summed E-state index contributed by atoms with van der Waals surface area (Å²) in [5.74, 6) is -0.114. The molecule has 0 saturated carbocycles. The van der Waals surface area contributed by atoms with Crippen molar-refractivity contribution < 1.29 is 14.5 Å². The fourth-order valence-electron chi connectivity index (χ4n) is 1.65. The Morgan fingerprint density at radius 1 is 1.06 bits per heavy atom. The van der Waals surface area contributed by atoms with Crippen molar-refractivity contribution in [1.82, 2.24) is 0 Å². The number of hydrogen-bond donors (Lipinski definition) is 0. The van der Waals surface area contributed by atoms with Crippen LogP contribution in [0.4, 0.5) is 0 Å². The quantitative estimate of drug-likeness (QED) is 0.233. The molecule has 5 nitrogen and oxygen atoms in total. The first kappa shape index (κ1) is 16.9. The van der Waals surface area contributed by atoms with Crippen LogP contribution < -0.4 is 0 Å². The number of nitro groups is 1. The van der Waals surface area contributed by atoms with Crippen molar-refractivity contribution in [3.63, 3.8) is 0 Å². The number of carbonyl (C=O) groups excluding carboxylic acids is 1. The topological polar surface area (TPSA) is 69.4 Å². The van der Waals surface area contributed by atoms with E-state index in [0.717, 1.165) is 44.9 Å². The molecule has 0 amide bonds. The molecular formula is C13H25NO4. The molecule has 0 aliphatic rings. The van der Waals surface area contributed by atoms with Crippen LogP contribution in [-0.4, -0.2) is 24.0 Å². The lowest BCUT2D eigenvalue weighted by atomic mass is 10.1. The van der Waals surface area contributed by atoms with Gasteiger partial charge in [-0.05, 0) is 19.3 Å². The lowest BCUT2D eigenvalue weighted by Crippen LogP contribution is -2.05. The molecule has 5 heteroatoms. The summed E-state index contributed by atoms with van der Waals surface area (Å²) in [6, 6.07) is 0. The van der Waals surface area contributed by atoms with Gasteiger partial charge in [0.05, 0.1) is 6.61 Å². The Morgan fingerprint density at radius 2 is 1.72 bits per heavy atom. The van der Waals surface area contributed by atoms with Crippen LogP contribution in [0.15, 0.2) is 0 Å². The number of hydrogen-bond acceptors (Lipinski definition) is 4. The summed E-state index contributed by atoms with van der Waals surface area (Å²) in [5.41, 5.74) is 0. The van der Waals surface area contributed by atoms with E-state index in [1.165, 1.54) is 0 Å². The summed E-state index contributed by atoms with van der Waals surface area (Å²) in [5, 5.41) is 10.1. The smallest absolute Gasteiger partial charge is 0.305 e. The molecule has 0 heterocycles. The fraction of sp³-hybridized carbons (Fsp3) is 0.923. The molecule has 0 radical (unpaired) electrons. The van der Waals surface area contributed by atoms with E-state index >= 15 is 0 Å². The molecule has 0 saturated heterocycles. The third kappa shape index (κ3) is 12.9. The van der Waals surface area contributed by atoms with E-state index in [2.05, 4.69) is 6.92 Å². The van der Waals surface area contributed by atoms with Crippen LogP contribution in [0, 0.1) is 10.1 Å². The summed E-state index contributed by atoms with van der Waals surface area (Å²) in [6.45, 7) is 2.70. The first-order valence-electron chi connectivity index (χ1n) is 6.94. The van der Waals surface area contributed by atoms with Crippen LogP contribution in [0.1, 0.15) is 64.7 Å². The normalized spacial score (nSPS) is 10.3. The van der Waals surface area contributed by atoms with Gasteiger partial charge in [0.25, 0.3) is 0 Å². The molecule has 18 heavy (non-hydrogen) atoms. The zero-order valence-electron chi connectivity index (χ0n) is 11.4. The first-order valence-corrected chi connectivity index (χ1v) is 6.94. The Bertz CT molecular complexity index is 231. The standard InChI is InChI=1S/C13H25NO4/c1-2-3-9-12-18-13(15)10-7-5-4-6-8-11-14(16)17/h2-12H2,1H3. The van der Waals surface area contributed by atoms with E-state index in [4.69, 9.17) is 4.74 Å². The van der Waals surface area contributed by atoms with E-state index in [1.54, 1.807) is 0 Å². The highest BCUT2D eigenvalue weighted by atomic mass is 16.6. The molecule has 0 aromatic carbocycles. The van der Waals surface area contributed by atoms with Crippen molar-refractivity contribution in [3.05, 3.63) is 10.1 Å². The summed E-state index contributed by atoms with van der Waals surface area (Å²) in [6.07, 6.45) is 7.88. The Hall–Kier alpha value is -1.13. The maximum absolute atomic E-state index is 11.3. The largest absolute Gasteiger partial charge is 0.466 e. The molecule has 0 aliphatic heterocycles. The number of rotatable bonds is 12. The summed E-state index contributed by atoms with van der Waals surface area (Å²) in [7, 11) is 0. The highest BCUT2D eigenvalue weighted by Crippen LogP contribution is 2.06. The molecule has 0 aromatic rings. The van der Waals surface area contributed by atoms with Gasteiger partial charge in [0, 0.05) is 17.8 Å². The van der Waals surface area contributed by atoms with E-state index in [-0.39, 0.29) is 17.4 Å². The Balaban J connectivity index is 3.17. The van der Waals surface area contributed by atoms with E-state index in [0.29, 0.717) is 19.4 Å². The molecule has 0 spiro atoms. The summed E-state index contributed by atoms with van der Waals surface area (Å²) < 4.78 is 5.08. The molecule has 0 aliphatic carbocycles. The zero-order valence-corrected chi connectivity index (χ0v) is 11.4. The van der Waals surface area contributed by atoms with Gasteiger partial charge >= 0.3 is 5.97 Å². The second-order valence-electron chi connectivity index (χ2n) is 4.50. The molecule has 0 rings (SSSR count). The lowest BCUT2D eigenvalue weighted by Gasteiger charge is -2.04. The molecule has 0 atom stereocenters. The van der Waals surface area contributed by atoms with Crippen molar-refractivity contribution >= 4 is 5.97 Å². The van der Waals surface area contributed by atoms with E-state index < -0.39 is 0 Å². The minimum Gasteiger partial charge on any atom is -0.466 e. The van der Waals surface area contributed by atoms with Crippen LogP contribution in [0.25, 0.3) is 0 Å². The van der Waals surface area contributed by atoms with Gasteiger partial charge in [-0.2, -0.15) is 0 Å². The second kappa shape index (κ2) is 12.3. The van der Waals surface area contributed by atoms with Crippen molar-refractivity contribution in [1.29, 1.82) is 0 Å². The van der Waals surface area contributed by atoms with Crippen molar-refractivity contribution in [2.24, 2.45) is 0 Å². The maximum atomic E-state index is 11.3. The van der Waals surface area contributed by atoms with Gasteiger partial charge in [-0.25, -0.2) is 0 Å². The number of ether oxygens (including phenoxy) is 1. The van der Waals surface area contributed by atoms with Crippen LogP contribution in [0.3, 0.4) is 0 Å². The third-order valence-electron chi connectivity index (χ3n) is 2.73. The van der Waals surface area contributed by atoms with Gasteiger partial charge in [-0.3, -0.25) is 14.9 Å². The predicted octanol–water partition coefficient (Wildman–Crippen LogP) is 3.34. The predicted molar refractivity (Wildman–Crippen MR) is 70.0 cm³/mol. The van der Waals surface area contributed by atoms with Gasteiger partial charge in [0.15, 0.2) is 0 Å². The van der Waals surface area contributed by atoms with Gasteiger partial charge in [-0.15, -0.1) is 0 Å². The Kier molecular flexibility index (Phi) is 11.6. The first-order chi connectivity index (χ1) is 8.66. The van der Waals surface area contributed by atoms with Crippen molar-refractivity contribution in [2.45, 2.75) is 64.7 Å². The maximum Gasteiger partial charge on any atom is 0.305 e. The fourth-order valence-corrected chi connectivity index (χ4v) is 1.65. The Morgan fingerprint density at radius 3 is 2.39 bits per heavy atom. The second-order valence-corrected chi connectivity index (χ2v) is 4.50. The number of nitrogens with zero attached hydrogens (tertiary/aromatic N) is 1. The van der Waals surface area contributed by atoms with Crippen LogP contribution >= 0.6 is 0 Å². The van der Waals surface area contributed by atoms with Gasteiger partial charge in [-0.1, -0.05) is 32.6 Å². The minimum atomic E-state index is -0.284. The average molecular weight is 259 g/mol. The van der Waals surface area contributed by atoms with Crippen molar-refractivity contribution in [2.75, 3.05) is 13.2 Å². The highest BCUT2D eigenvalue weighted by molar-refractivity contribution is 5.69. The molecule has 0 aromatic heterocycles. The average Bonchev–Trinajstić information content (AvgIpc) is 2.33. The number of esters is 1. The molecule has 0 N–H and O–H groups in total. The molecule has 0 unspecified atom stereocenters. The zero-order chi connectivity index (χ0) is 13.6. The molecule has 0 bridgehead atoms. The summed E-state index contributed by atoms with van der Waals surface area (Å²) >= 11 is 0. The van der Waals surface area contributed by atoms with E-state index in [9.17, 15) is 14.9 Å². The monoisotopic (exact) mass is 259 g/mol. The van der Waals surface area contributed by atoms with E-state index in [1.807, 2.05) is 0 Å². The van der Waals surface area contributed by atoms with Gasteiger partial charge in [0.2, 0.25) is 6.54 Å². The SMILES string of the molecule is CCCCCOC(=O)CCCCCCC[N+](=O)[O-]. The Labute approximate surface area is 109 Å². The van der Waals surface area contributed by atoms with Crippen LogP contribution in [0.5, 0.6) is 0 Å². The molecule has 106 valence electrons. The van der Waals surface area contributed by atoms with Crippen molar-refractivity contribution in [3.8, 4) is 0 Å². The molecule has 0 fully saturated rings. The number of unbranched alkanes of at least 4 members (excludes halogenated alkanes) is 6. The van der Waals surface area contributed by atoms with Gasteiger partial charge < -0.3 is 4.74 Å². The number of carbonyl (C=O) groups is 1. The third-order valence-corrected chi connectivity index (χ3v) is 2.73. The van der Waals surface area contributed by atoms with Crippen LogP contribution in [0.2, 0.25) is 0 Å². The highest BCUT2D eigenvalue weighted by Gasteiger charge is 2.02. The molecular weight excluding hydrogens is 234 g/mol. The van der Waals surface area contributed by atoms with Crippen LogP contribution in [-0.2, 0) is 9.53 Å². The summed E-state index contributed by atoms with van der Waals surface area (Å²) in [4.78, 5) is 21.1. The van der Waals surface area contributed by atoms with Gasteiger partial charge in [0.1, 0.15) is 0 Å².